The highest BCUT2D eigenvalue weighted by Crippen LogP contribution is 2.11. The van der Waals surface area contributed by atoms with Crippen LogP contribution in [-0.4, -0.2) is 24.0 Å². The van der Waals surface area contributed by atoms with Crippen molar-refractivity contribution in [2.45, 2.75) is 19.4 Å². The number of nitrogens with one attached hydrogen (secondary N) is 2. The van der Waals surface area contributed by atoms with Crippen LogP contribution in [0, 0.1) is 5.92 Å². The highest BCUT2D eigenvalue weighted by atomic mass is 35.5. The molecule has 2 heterocycles. The molecule has 1 aromatic heterocycles. The lowest BCUT2D eigenvalue weighted by Gasteiger charge is -2.21. The van der Waals surface area contributed by atoms with Crippen molar-refractivity contribution in [2.24, 2.45) is 5.92 Å². The van der Waals surface area contributed by atoms with E-state index in [9.17, 15) is 4.79 Å². The van der Waals surface area contributed by atoms with Crippen LogP contribution in [0.15, 0.2) is 24.5 Å². The Labute approximate surface area is 108 Å². The van der Waals surface area contributed by atoms with E-state index in [0.717, 1.165) is 31.5 Å². The van der Waals surface area contributed by atoms with Crippen molar-refractivity contribution < 1.29 is 4.79 Å². The Balaban J connectivity index is 0.00000144. The van der Waals surface area contributed by atoms with Gasteiger partial charge >= 0.3 is 0 Å². The lowest BCUT2D eigenvalue weighted by Crippen LogP contribution is -2.37. The van der Waals surface area contributed by atoms with Crippen LogP contribution < -0.4 is 10.6 Å². The van der Waals surface area contributed by atoms with Gasteiger partial charge in [-0.2, -0.15) is 0 Å². The quantitative estimate of drug-likeness (QED) is 0.851. The maximum absolute atomic E-state index is 11.8. The number of rotatable bonds is 3. The van der Waals surface area contributed by atoms with E-state index < -0.39 is 0 Å². The van der Waals surface area contributed by atoms with Gasteiger partial charge in [0.2, 0.25) is 5.91 Å². The van der Waals surface area contributed by atoms with Crippen molar-refractivity contribution in [1.82, 2.24) is 15.6 Å². The summed E-state index contributed by atoms with van der Waals surface area (Å²) in [4.78, 5) is 15.8. The summed E-state index contributed by atoms with van der Waals surface area (Å²) < 4.78 is 0. The lowest BCUT2D eigenvalue weighted by atomic mass is 9.97. The van der Waals surface area contributed by atoms with Crippen LogP contribution >= 0.6 is 12.4 Å². The third-order valence-corrected chi connectivity index (χ3v) is 2.93. The van der Waals surface area contributed by atoms with Gasteiger partial charge in [-0.05, 0) is 43.6 Å². The summed E-state index contributed by atoms with van der Waals surface area (Å²) in [7, 11) is 0. The first-order chi connectivity index (χ1) is 7.86. The Bertz CT molecular complexity index is 339. The van der Waals surface area contributed by atoms with Crippen LogP contribution in [0.3, 0.4) is 0 Å². The summed E-state index contributed by atoms with van der Waals surface area (Å²) in [6.07, 6.45) is 5.38. The Kier molecular flexibility index (Phi) is 5.94. The summed E-state index contributed by atoms with van der Waals surface area (Å²) in [5.41, 5.74) is 1.09. The Morgan fingerprint density at radius 2 is 2.00 bits per heavy atom. The molecule has 1 aliphatic rings. The highest BCUT2D eigenvalue weighted by molar-refractivity contribution is 5.85. The molecule has 1 aliphatic heterocycles. The number of carbonyl (C=O) groups excluding carboxylic acids is 1. The molecule has 0 atom stereocenters. The molecule has 0 radical (unpaired) electrons. The number of nitrogens with zero attached hydrogens (tertiary/aromatic N) is 1. The molecule has 17 heavy (non-hydrogen) atoms. The normalized spacial score (nSPS) is 16.0. The fourth-order valence-corrected chi connectivity index (χ4v) is 1.92. The third kappa shape index (κ3) is 4.32. The summed E-state index contributed by atoms with van der Waals surface area (Å²) in [6, 6.07) is 3.84. The van der Waals surface area contributed by atoms with Crippen LogP contribution in [0.25, 0.3) is 0 Å². The minimum atomic E-state index is 0. The topological polar surface area (TPSA) is 54.0 Å². The molecular formula is C12H18ClN3O. The van der Waals surface area contributed by atoms with Crippen molar-refractivity contribution in [2.75, 3.05) is 13.1 Å². The fraction of sp³-hybridized carbons (Fsp3) is 0.500. The number of hydrogen-bond donors (Lipinski definition) is 2. The summed E-state index contributed by atoms with van der Waals surface area (Å²) in [5, 5.41) is 6.23. The molecule has 1 saturated heterocycles. The first-order valence-electron chi connectivity index (χ1n) is 5.73. The summed E-state index contributed by atoms with van der Waals surface area (Å²) in [5.74, 6) is 0.362. The molecule has 94 valence electrons. The van der Waals surface area contributed by atoms with Gasteiger partial charge in [-0.15, -0.1) is 12.4 Å². The first-order valence-corrected chi connectivity index (χ1v) is 5.73. The van der Waals surface area contributed by atoms with Crippen molar-refractivity contribution in [1.29, 1.82) is 0 Å². The van der Waals surface area contributed by atoms with Gasteiger partial charge < -0.3 is 10.6 Å². The van der Waals surface area contributed by atoms with Gasteiger partial charge in [-0.3, -0.25) is 9.78 Å². The standard InChI is InChI=1S/C12H17N3O.ClH/c16-12(11-3-7-14-8-4-11)15-9-10-1-5-13-6-2-10;/h1-2,5-6,11,14H,3-4,7-9H2,(H,15,16);1H. The number of halogens is 1. The molecule has 0 aromatic carbocycles. The molecular weight excluding hydrogens is 238 g/mol. The monoisotopic (exact) mass is 255 g/mol. The Morgan fingerprint density at radius 3 is 2.65 bits per heavy atom. The Morgan fingerprint density at radius 1 is 1.35 bits per heavy atom. The molecule has 0 aliphatic carbocycles. The molecule has 2 rings (SSSR count). The van der Waals surface area contributed by atoms with E-state index in [1.54, 1.807) is 12.4 Å². The van der Waals surface area contributed by atoms with E-state index in [4.69, 9.17) is 0 Å². The van der Waals surface area contributed by atoms with Crippen molar-refractivity contribution in [3.05, 3.63) is 30.1 Å². The molecule has 0 spiro atoms. The second-order valence-electron chi connectivity index (χ2n) is 4.10. The predicted octanol–water partition coefficient (Wildman–Crippen LogP) is 1.12. The number of aromatic nitrogens is 1. The van der Waals surface area contributed by atoms with Gasteiger partial charge in [0, 0.05) is 24.9 Å². The van der Waals surface area contributed by atoms with Crippen molar-refractivity contribution in [3.8, 4) is 0 Å². The van der Waals surface area contributed by atoms with Gasteiger partial charge in [0.15, 0.2) is 0 Å². The zero-order valence-electron chi connectivity index (χ0n) is 9.69. The second kappa shape index (κ2) is 7.25. The number of pyridine rings is 1. The maximum atomic E-state index is 11.8. The van der Waals surface area contributed by atoms with Crippen LogP contribution in [0.1, 0.15) is 18.4 Å². The van der Waals surface area contributed by atoms with Crippen LogP contribution in [0.2, 0.25) is 0 Å². The number of carbonyl (C=O) groups is 1. The second-order valence-corrected chi connectivity index (χ2v) is 4.10. The van der Waals surface area contributed by atoms with E-state index in [2.05, 4.69) is 15.6 Å². The number of amides is 1. The average Bonchev–Trinajstić information content (AvgIpc) is 2.38. The zero-order chi connectivity index (χ0) is 11.2. The lowest BCUT2D eigenvalue weighted by molar-refractivity contribution is -0.125. The number of piperidine rings is 1. The molecule has 0 saturated carbocycles. The zero-order valence-corrected chi connectivity index (χ0v) is 10.5. The molecule has 4 nitrogen and oxygen atoms in total. The van der Waals surface area contributed by atoms with Crippen LogP contribution in [0.4, 0.5) is 0 Å². The molecule has 0 bridgehead atoms. The van der Waals surface area contributed by atoms with Gasteiger partial charge in [0.25, 0.3) is 0 Å². The van der Waals surface area contributed by atoms with Crippen LogP contribution in [-0.2, 0) is 11.3 Å². The van der Waals surface area contributed by atoms with Gasteiger partial charge in [-0.25, -0.2) is 0 Å². The molecule has 2 N–H and O–H groups in total. The van der Waals surface area contributed by atoms with E-state index in [-0.39, 0.29) is 24.2 Å². The molecule has 1 fully saturated rings. The minimum Gasteiger partial charge on any atom is -0.352 e. The van der Waals surface area contributed by atoms with Crippen molar-refractivity contribution in [3.63, 3.8) is 0 Å². The first kappa shape index (κ1) is 13.9. The molecule has 1 amide bonds. The Hall–Kier alpha value is -1.13. The van der Waals surface area contributed by atoms with Gasteiger partial charge in [0.05, 0.1) is 0 Å². The highest BCUT2D eigenvalue weighted by Gasteiger charge is 2.20. The van der Waals surface area contributed by atoms with Gasteiger partial charge in [-0.1, -0.05) is 0 Å². The molecule has 1 aromatic rings. The minimum absolute atomic E-state index is 0. The van der Waals surface area contributed by atoms with E-state index in [0.29, 0.717) is 6.54 Å². The molecule has 0 unspecified atom stereocenters. The predicted molar refractivity (Wildman–Crippen MR) is 68.9 cm³/mol. The fourth-order valence-electron chi connectivity index (χ4n) is 1.92. The van der Waals surface area contributed by atoms with E-state index in [1.165, 1.54) is 0 Å². The van der Waals surface area contributed by atoms with Gasteiger partial charge in [0.1, 0.15) is 0 Å². The summed E-state index contributed by atoms with van der Waals surface area (Å²) >= 11 is 0. The molecule has 5 heteroatoms. The van der Waals surface area contributed by atoms with E-state index >= 15 is 0 Å². The smallest absolute Gasteiger partial charge is 0.223 e. The number of hydrogen-bond acceptors (Lipinski definition) is 3. The third-order valence-electron chi connectivity index (χ3n) is 2.93. The average molecular weight is 256 g/mol. The van der Waals surface area contributed by atoms with Crippen molar-refractivity contribution >= 4 is 18.3 Å². The summed E-state index contributed by atoms with van der Waals surface area (Å²) in [6.45, 7) is 2.51. The maximum Gasteiger partial charge on any atom is 0.223 e. The van der Waals surface area contributed by atoms with E-state index in [1.807, 2.05) is 12.1 Å². The largest absolute Gasteiger partial charge is 0.352 e. The van der Waals surface area contributed by atoms with Crippen LogP contribution in [0.5, 0.6) is 0 Å². The SMILES string of the molecule is Cl.O=C(NCc1ccncc1)C1CCNCC1.